The molecule has 0 bridgehead atoms. The second-order valence-electron chi connectivity index (χ2n) is 7.38. The number of anilines is 2. The normalized spacial score (nSPS) is 20.6. The number of carbonyl (C=O) groups is 1. The van der Waals surface area contributed by atoms with Gasteiger partial charge in [-0.3, -0.25) is 4.79 Å². The van der Waals surface area contributed by atoms with Gasteiger partial charge >= 0.3 is 0 Å². The summed E-state index contributed by atoms with van der Waals surface area (Å²) in [6.45, 7) is 3.67. The molecule has 1 unspecified atom stereocenters. The maximum absolute atomic E-state index is 13.3. The van der Waals surface area contributed by atoms with Crippen LogP contribution in [0.25, 0.3) is 0 Å². The van der Waals surface area contributed by atoms with E-state index in [0.717, 1.165) is 24.5 Å². The van der Waals surface area contributed by atoms with Crippen LogP contribution in [0.4, 0.5) is 11.4 Å². The Morgan fingerprint density at radius 2 is 1.28 bits per heavy atom. The lowest BCUT2D eigenvalue weighted by Crippen LogP contribution is -2.59. The standard InChI is InChI=1S/C24H22N4O/c1-24-26(20-13-7-3-8-14-20)17-18-27(24)23(22(29)19-11-5-2-6-12-19)25-28(24)21-15-9-4-10-16-21/h2-16H,17-18H2,1H3. The highest BCUT2D eigenvalue weighted by Crippen LogP contribution is 2.42. The Kier molecular flexibility index (Phi) is 4.09. The van der Waals surface area contributed by atoms with E-state index in [0.29, 0.717) is 11.4 Å². The minimum Gasteiger partial charge on any atom is -0.329 e. The highest BCUT2D eigenvalue weighted by molar-refractivity contribution is 6.45. The van der Waals surface area contributed by atoms with Gasteiger partial charge in [0.05, 0.1) is 5.69 Å². The van der Waals surface area contributed by atoms with Crippen LogP contribution in [0.1, 0.15) is 17.3 Å². The van der Waals surface area contributed by atoms with Crippen LogP contribution in [0.5, 0.6) is 0 Å². The van der Waals surface area contributed by atoms with Crippen molar-refractivity contribution in [3.05, 3.63) is 96.6 Å². The van der Waals surface area contributed by atoms with Crippen LogP contribution < -0.4 is 9.91 Å². The first-order valence-electron chi connectivity index (χ1n) is 9.83. The van der Waals surface area contributed by atoms with Gasteiger partial charge in [-0.05, 0) is 31.2 Å². The molecule has 1 fully saturated rings. The molecule has 0 amide bonds. The lowest BCUT2D eigenvalue weighted by atomic mass is 10.1. The van der Waals surface area contributed by atoms with E-state index in [2.05, 4.69) is 28.9 Å². The molecule has 2 heterocycles. The number of amidine groups is 1. The summed E-state index contributed by atoms with van der Waals surface area (Å²) in [5, 5.41) is 6.83. The fraction of sp³-hybridized carbons (Fsp3) is 0.167. The predicted molar refractivity (Wildman–Crippen MR) is 116 cm³/mol. The molecule has 29 heavy (non-hydrogen) atoms. The van der Waals surface area contributed by atoms with Gasteiger partial charge < -0.3 is 9.80 Å². The Morgan fingerprint density at radius 3 is 1.90 bits per heavy atom. The SMILES string of the molecule is CC12N(CCN1c1ccccc1)C(C(=O)c1ccccc1)=NN2c1ccccc1. The molecule has 0 spiro atoms. The van der Waals surface area contributed by atoms with E-state index in [4.69, 9.17) is 5.10 Å². The van der Waals surface area contributed by atoms with Gasteiger partial charge in [0.2, 0.25) is 17.4 Å². The van der Waals surface area contributed by atoms with Gasteiger partial charge in [0.1, 0.15) is 0 Å². The molecule has 1 saturated heterocycles. The van der Waals surface area contributed by atoms with E-state index in [-0.39, 0.29) is 5.78 Å². The summed E-state index contributed by atoms with van der Waals surface area (Å²) in [6.07, 6.45) is 0. The Bertz CT molecular complexity index is 1050. The molecule has 5 rings (SSSR count). The molecular weight excluding hydrogens is 360 g/mol. The first kappa shape index (κ1) is 17.5. The van der Waals surface area contributed by atoms with Crippen LogP contribution in [-0.2, 0) is 0 Å². The molecule has 5 nitrogen and oxygen atoms in total. The van der Waals surface area contributed by atoms with Crippen LogP contribution >= 0.6 is 0 Å². The van der Waals surface area contributed by atoms with Crippen molar-refractivity contribution >= 4 is 23.0 Å². The van der Waals surface area contributed by atoms with E-state index < -0.39 is 5.79 Å². The molecule has 5 heteroatoms. The quantitative estimate of drug-likeness (QED) is 0.634. The summed E-state index contributed by atoms with van der Waals surface area (Å²) in [7, 11) is 0. The highest BCUT2D eigenvalue weighted by Gasteiger charge is 2.55. The van der Waals surface area contributed by atoms with Gasteiger partial charge in [0.25, 0.3) is 0 Å². The fourth-order valence-electron chi connectivity index (χ4n) is 4.29. The average Bonchev–Trinajstić information content (AvgIpc) is 3.27. The molecule has 144 valence electrons. The Hall–Kier alpha value is -3.60. The Labute approximate surface area is 170 Å². The predicted octanol–water partition coefficient (Wildman–Crippen LogP) is 4.20. The van der Waals surface area contributed by atoms with Crippen molar-refractivity contribution in [2.24, 2.45) is 5.10 Å². The number of ketones is 1. The maximum atomic E-state index is 13.3. The first-order chi connectivity index (χ1) is 14.2. The number of para-hydroxylation sites is 2. The fourth-order valence-corrected chi connectivity index (χ4v) is 4.29. The molecule has 0 N–H and O–H groups in total. The van der Waals surface area contributed by atoms with Crippen LogP contribution in [0.2, 0.25) is 0 Å². The smallest absolute Gasteiger partial charge is 0.230 e. The molecule has 0 saturated carbocycles. The Morgan fingerprint density at radius 1 is 0.759 bits per heavy atom. The molecule has 3 aromatic carbocycles. The van der Waals surface area contributed by atoms with Crippen molar-refractivity contribution in [2.75, 3.05) is 23.0 Å². The first-order valence-corrected chi connectivity index (χ1v) is 9.83. The number of hydrogen-bond donors (Lipinski definition) is 0. The van der Waals surface area contributed by atoms with Crippen LogP contribution in [0.3, 0.4) is 0 Å². The van der Waals surface area contributed by atoms with Crippen LogP contribution in [0, 0.1) is 0 Å². The maximum Gasteiger partial charge on any atom is 0.230 e. The number of fused-ring (bicyclic) bond motifs is 1. The zero-order valence-electron chi connectivity index (χ0n) is 16.3. The number of rotatable bonds is 4. The average molecular weight is 382 g/mol. The van der Waals surface area contributed by atoms with E-state index in [1.807, 2.05) is 83.9 Å². The minimum absolute atomic E-state index is 0.0508. The van der Waals surface area contributed by atoms with E-state index in [1.54, 1.807) is 0 Å². The molecule has 2 aliphatic rings. The zero-order valence-corrected chi connectivity index (χ0v) is 16.3. The van der Waals surface area contributed by atoms with Gasteiger partial charge in [-0.2, -0.15) is 0 Å². The monoisotopic (exact) mass is 382 g/mol. The van der Waals surface area contributed by atoms with Crippen molar-refractivity contribution < 1.29 is 4.79 Å². The van der Waals surface area contributed by atoms with Gasteiger partial charge in [-0.15, -0.1) is 5.10 Å². The topological polar surface area (TPSA) is 39.1 Å². The Balaban J connectivity index is 1.62. The number of hydrogen-bond acceptors (Lipinski definition) is 5. The van der Waals surface area contributed by atoms with E-state index in [9.17, 15) is 4.79 Å². The number of carbonyl (C=O) groups excluding carboxylic acids is 1. The lowest BCUT2D eigenvalue weighted by Gasteiger charge is -2.43. The van der Waals surface area contributed by atoms with Crippen molar-refractivity contribution in [2.45, 2.75) is 12.7 Å². The molecule has 2 aliphatic heterocycles. The van der Waals surface area contributed by atoms with E-state index >= 15 is 0 Å². The summed E-state index contributed by atoms with van der Waals surface area (Å²) < 4.78 is 0. The summed E-state index contributed by atoms with van der Waals surface area (Å²) in [6, 6.07) is 29.7. The third kappa shape index (κ3) is 2.70. The van der Waals surface area contributed by atoms with Gasteiger partial charge in [0, 0.05) is 24.3 Å². The molecular formula is C24H22N4O. The minimum atomic E-state index is -0.595. The van der Waals surface area contributed by atoms with Gasteiger partial charge in [-0.1, -0.05) is 66.7 Å². The summed E-state index contributed by atoms with van der Waals surface area (Å²) in [5.74, 6) is -0.159. The summed E-state index contributed by atoms with van der Waals surface area (Å²) in [4.78, 5) is 17.8. The van der Waals surface area contributed by atoms with Gasteiger partial charge in [0.15, 0.2) is 0 Å². The molecule has 0 radical (unpaired) electrons. The van der Waals surface area contributed by atoms with Gasteiger partial charge in [-0.25, -0.2) is 5.01 Å². The lowest BCUT2D eigenvalue weighted by molar-refractivity contribution is 0.104. The number of benzene rings is 3. The molecule has 3 aromatic rings. The zero-order chi connectivity index (χ0) is 19.8. The second kappa shape index (κ2) is 6.78. The van der Waals surface area contributed by atoms with Crippen molar-refractivity contribution in [1.29, 1.82) is 0 Å². The van der Waals surface area contributed by atoms with Crippen LogP contribution in [0.15, 0.2) is 96.1 Å². The van der Waals surface area contributed by atoms with E-state index in [1.165, 1.54) is 0 Å². The van der Waals surface area contributed by atoms with Crippen molar-refractivity contribution in [3.8, 4) is 0 Å². The summed E-state index contributed by atoms with van der Waals surface area (Å²) in [5.41, 5.74) is 2.72. The third-order valence-corrected chi connectivity index (χ3v) is 5.73. The molecule has 1 atom stereocenters. The summed E-state index contributed by atoms with van der Waals surface area (Å²) >= 11 is 0. The number of Topliss-reactive ketones (excluding diaryl/α,β-unsaturated/α-hetero) is 1. The molecule has 0 aliphatic carbocycles. The number of hydrazone groups is 1. The van der Waals surface area contributed by atoms with Crippen LogP contribution in [-0.4, -0.2) is 35.4 Å². The van der Waals surface area contributed by atoms with Crippen molar-refractivity contribution in [3.63, 3.8) is 0 Å². The second-order valence-corrected chi connectivity index (χ2v) is 7.38. The molecule has 0 aromatic heterocycles. The van der Waals surface area contributed by atoms with Crippen molar-refractivity contribution in [1.82, 2.24) is 4.90 Å². The third-order valence-electron chi connectivity index (χ3n) is 5.73. The number of nitrogens with zero attached hydrogens (tertiary/aromatic N) is 4. The highest BCUT2D eigenvalue weighted by atomic mass is 16.1. The largest absolute Gasteiger partial charge is 0.329 e.